The zero-order chi connectivity index (χ0) is 33.4. The second-order valence-corrected chi connectivity index (χ2v) is 14.5. The molecule has 0 rings (SSSR count). The summed E-state index contributed by atoms with van der Waals surface area (Å²) in [6, 6.07) is -0.473. The van der Waals surface area contributed by atoms with Gasteiger partial charge in [0.15, 0.2) is 0 Å². The Balaban J connectivity index is 3.65. The summed E-state index contributed by atoms with van der Waals surface area (Å²) in [4.78, 5) is 49.6. The van der Waals surface area contributed by atoms with Gasteiger partial charge in [0.25, 0.3) is 0 Å². The van der Waals surface area contributed by atoms with Crippen molar-refractivity contribution in [2.24, 2.45) is 5.92 Å². The highest BCUT2D eigenvalue weighted by atomic mass is 35.5. The Kier molecular flexibility index (Phi) is 31.9. The minimum Gasteiger partial charge on any atom is -0.469 e. The first-order chi connectivity index (χ1) is 21.8. The van der Waals surface area contributed by atoms with Crippen LogP contribution < -0.4 is 15.5 Å². The Bertz CT molecular complexity index is 766. The van der Waals surface area contributed by atoms with E-state index in [0.717, 1.165) is 64.2 Å². The van der Waals surface area contributed by atoms with Crippen LogP contribution in [0.2, 0.25) is 0 Å². The lowest BCUT2D eigenvalue weighted by molar-refractivity contribution is -0.141. The van der Waals surface area contributed by atoms with Crippen molar-refractivity contribution in [2.75, 3.05) is 38.8 Å². The number of esters is 2. The van der Waals surface area contributed by atoms with Gasteiger partial charge in [-0.05, 0) is 37.5 Å². The first-order valence-electron chi connectivity index (χ1n) is 17.1. The number of ether oxygens (including phenoxy) is 2. The van der Waals surface area contributed by atoms with E-state index in [0.29, 0.717) is 37.4 Å². The molecule has 0 spiro atoms. The molecule has 264 valence electrons. The number of hydrogen-bond acceptors (Lipinski definition) is 9. The summed E-state index contributed by atoms with van der Waals surface area (Å²) < 4.78 is 9.30. The summed E-state index contributed by atoms with van der Waals surface area (Å²) in [6.07, 6.45) is 21.1. The molecule has 2 atom stereocenters. The highest BCUT2D eigenvalue weighted by Gasteiger charge is 2.18. The van der Waals surface area contributed by atoms with Crippen LogP contribution in [0.1, 0.15) is 135 Å². The Labute approximate surface area is 286 Å². The number of halogens is 1. The largest absolute Gasteiger partial charge is 0.469 e. The van der Waals surface area contributed by atoms with Crippen LogP contribution in [-0.4, -0.2) is 68.6 Å². The van der Waals surface area contributed by atoms with Gasteiger partial charge < -0.3 is 20.1 Å². The van der Waals surface area contributed by atoms with E-state index in [9.17, 15) is 19.2 Å². The van der Waals surface area contributed by atoms with Crippen molar-refractivity contribution < 1.29 is 28.7 Å². The lowest BCUT2D eigenvalue weighted by Crippen LogP contribution is -2.42. The first kappa shape index (κ1) is 43.8. The van der Waals surface area contributed by atoms with Gasteiger partial charge in [-0.1, -0.05) is 118 Å². The molecular formula is C33H62ClN3O6S2. The number of carbonyl (C=O) groups excluding carboxylic acids is 4. The quantitative estimate of drug-likeness (QED) is 0.0284. The number of nitrogens with one attached hydrogen (secondary N) is 3. The molecule has 3 N–H and O–H groups in total. The van der Waals surface area contributed by atoms with Crippen molar-refractivity contribution in [3.8, 4) is 0 Å². The fraction of sp³-hybridized carbons (Fsp3) is 0.879. The van der Waals surface area contributed by atoms with Gasteiger partial charge in [0, 0.05) is 43.4 Å². The normalized spacial score (nSPS) is 12.4. The van der Waals surface area contributed by atoms with Crippen molar-refractivity contribution in [2.45, 2.75) is 141 Å². The van der Waals surface area contributed by atoms with Crippen molar-refractivity contribution in [1.29, 1.82) is 0 Å². The molecule has 0 fully saturated rings. The van der Waals surface area contributed by atoms with E-state index in [4.69, 9.17) is 11.8 Å². The van der Waals surface area contributed by atoms with Crippen molar-refractivity contribution >= 4 is 57.1 Å². The van der Waals surface area contributed by atoms with Gasteiger partial charge in [0.1, 0.15) is 6.04 Å². The van der Waals surface area contributed by atoms with Crippen molar-refractivity contribution in [1.82, 2.24) is 15.5 Å². The molecule has 0 saturated carbocycles. The van der Waals surface area contributed by atoms with Crippen molar-refractivity contribution in [3.05, 3.63) is 0 Å². The second kappa shape index (κ2) is 32.8. The van der Waals surface area contributed by atoms with E-state index in [1.54, 1.807) is 21.6 Å². The molecule has 0 aromatic rings. The molecule has 0 aliphatic heterocycles. The third kappa shape index (κ3) is 28.8. The summed E-state index contributed by atoms with van der Waals surface area (Å²) in [6.45, 7) is 3.30. The Hall–Kier alpha value is -1.17. The summed E-state index contributed by atoms with van der Waals surface area (Å²) in [5.41, 5.74) is 0. The van der Waals surface area contributed by atoms with Crippen LogP contribution in [-0.2, 0) is 28.7 Å². The number of amides is 2. The first-order valence-corrected chi connectivity index (χ1v) is 20.0. The maximum absolute atomic E-state index is 12.5. The minimum absolute atomic E-state index is 0.0791. The fourth-order valence-corrected chi connectivity index (χ4v) is 7.47. The third-order valence-corrected chi connectivity index (χ3v) is 10.6. The number of carbonyl (C=O) groups is 4. The molecule has 0 aromatic carbocycles. The number of unbranched alkanes of at least 4 members (excludes halogenated alkanes) is 16. The van der Waals surface area contributed by atoms with Crippen LogP contribution in [0.4, 0.5) is 0 Å². The summed E-state index contributed by atoms with van der Waals surface area (Å²) in [5.74, 6) is 0.863. The Morgan fingerprint density at radius 2 is 0.911 bits per heavy atom. The van der Waals surface area contributed by atoms with Crippen LogP contribution in [0, 0.1) is 5.92 Å². The average Bonchev–Trinajstić information content (AvgIpc) is 3.04. The lowest BCUT2D eigenvalue weighted by atomic mass is 10.1. The molecule has 9 nitrogen and oxygen atoms in total. The predicted octanol–water partition coefficient (Wildman–Crippen LogP) is 7.50. The monoisotopic (exact) mass is 695 g/mol. The Morgan fingerprint density at radius 1 is 0.556 bits per heavy atom. The van der Waals surface area contributed by atoms with Gasteiger partial charge in [0.05, 0.1) is 14.2 Å². The highest BCUT2D eigenvalue weighted by molar-refractivity contribution is 8.76. The van der Waals surface area contributed by atoms with Crippen LogP contribution in [0.3, 0.4) is 0 Å². The van der Waals surface area contributed by atoms with Crippen LogP contribution in [0.5, 0.6) is 0 Å². The maximum Gasteiger partial charge on any atom is 0.305 e. The summed E-state index contributed by atoms with van der Waals surface area (Å²) >= 11 is 5.84. The maximum atomic E-state index is 12.5. The van der Waals surface area contributed by atoms with E-state index in [1.807, 2.05) is 6.92 Å². The average molecular weight is 696 g/mol. The van der Waals surface area contributed by atoms with Gasteiger partial charge in [-0.2, -0.15) is 0 Å². The minimum atomic E-state index is -0.473. The number of methoxy groups -OCH3 is 2. The second-order valence-electron chi connectivity index (χ2n) is 11.7. The molecule has 2 unspecified atom stereocenters. The molecule has 12 heteroatoms. The van der Waals surface area contributed by atoms with E-state index >= 15 is 0 Å². The van der Waals surface area contributed by atoms with Crippen LogP contribution in [0.15, 0.2) is 0 Å². The number of hydrogen-bond donors (Lipinski definition) is 3. The van der Waals surface area contributed by atoms with Gasteiger partial charge in [-0.3, -0.25) is 19.2 Å². The van der Waals surface area contributed by atoms with Crippen molar-refractivity contribution in [3.63, 3.8) is 0 Å². The SMILES string of the molecule is COC(=O)CCCCCCCCCCCNC(=O)C(C)CSSCC(NCl)C(=O)NCCCCCCCCCCCC(=O)OC. The van der Waals surface area contributed by atoms with Gasteiger partial charge in [-0.15, -0.1) is 0 Å². The smallest absolute Gasteiger partial charge is 0.305 e. The molecule has 0 aliphatic rings. The molecule has 0 saturated heterocycles. The fourth-order valence-electron chi connectivity index (χ4n) is 4.69. The molecule has 2 amide bonds. The molecule has 0 radical (unpaired) electrons. The zero-order valence-corrected chi connectivity index (χ0v) is 30.7. The van der Waals surface area contributed by atoms with E-state index in [2.05, 4.69) is 24.9 Å². The van der Waals surface area contributed by atoms with E-state index in [1.165, 1.54) is 65.6 Å². The predicted molar refractivity (Wildman–Crippen MR) is 189 cm³/mol. The number of rotatable bonds is 32. The molecule has 0 bridgehead atoms. The van der Waals surface area contributed by atoms with E-state index in [-0.39, 0.29) is 29.7 Å². The van der Waals surface area contributed by atoms with E-state index < -0.39 is 6.04 Å². The highest BCUT2D eigenvalue weighted by Crippen LogP contribution is 2.25. The lowest BCUT2D eigenvalue weighted by Gasteiger charge is -2.15. The van der Waals surface area contributed by atoms with Gasteiger partial charge in [-0.25, -0.2) is 4.84 Å². The van der Waals surface area contributed by atoms with Gasteiger partial charge in [0.2, 0.25) is 11.8 Å². The summed E-state index contributed by atoms with van der Waals surface area (Å²) in [5, 5.41) is 6.03. The van der Waals surface area contributed by atoms with Crippen LogP contribution >= 0.6 is 33.4 Å². The molecule has 45 heavy (non-hydrogen) atoms. The molecular weight excluding hydrogens is 634 g/mol. The van der Waals surface area contributed by atoms with Crippen LogP contribution in [0.25, 0.3) is 0 Å². The molecule has 0 aromatic heterocycles. The topological polar surface area (TPSA) is 123 Å². The Morgan fingerprint density at radius 3 is 1.31 bits per heavy atom. The standard InChI is InChI=1S/C33H62ClN3O6S2/c1-28(32(40)35-24-20-16-12-8-4-6-10-14-18-22-30(38)42-2)26-44-45-27-29(37-34)33(41)36-25-21-17-13-9-5-7-11-15-19-23-31(39)43-3/h28-29,37H,4-27H2,1-3H3,(H,35,40)(H,36,41). The molecule has 0 aliphatic carbocycles. The summed E-state index contributed by atoms with van der Waals surface area (Å²) in [7, 11) is 6.02. The zero-order valence-electron chi connectivity index (χ0n) is 28.3. The van der Waals surface area contributed by atoms with Gasteiger partial charge >= 0.3 is 11.9 Å². The molecule has 0 heterocycles. The third-order valence-electron chi connectivity index (χ3n) is 7.70.